The number of hydrogen-bond donors (Lipinski definition) is 1. The summed E-state index contributed by atoms with van der Waals surface area (Å²) in [5.74, 6) is 0.472. The van der Waals surface area contributed by atoms with E-state index in [0.29, 0.717) is 24.3 Å². The fourth-order valence-corrected chi connectivity index (χ4v) is 3.78. The molecular formula is C22H24N2O3. The van der Waals surface area contributed by atoms with Crippen LogP contribution in [0.4, 0.5) is 5.69 Å². The summed E-state index contributed by atoms with van der Waals surface area (Å²) in [4.78, 5) is 27.6. The number of carbonyl (C=O) groups excluding carboxylic acids is 2. The molecule has 1 saturated heterocycles. The van der Waals surface area contributed by atoms with Gasteiger partial charge in [0.15, 0.2) is 0 Å². The Kier molecular flexibility index (Phi) is 5.10. The molecule has 140 valence electrons. The first-order chi connectivity index (χ1) is 13.2. The molecule has 27 heavy (non-hydrogen) atoms. The first-order valence-electron chi connectivity index (χ1n) is 9.62. The van der Waals surface area contributed by atoms with Gasteiger partial charge in [-0.1, -0.05) is 30.3 Å². The number of fused-ring (bicyclic) bond motifs is 1. The van der Waals surface area contributed by atoms with E-state index in [1.54, 1.807) is 12.1 Å². The maximum absolute atomic E-state index is 12.9. The first kappa shape index (κ1) is 17.6. The molecule has 0 aromatic heterocycles. The molecule has 0 aliphatic carbocycles. The second-order valence-electron chi connectivity index (χ2n) is 7.21. The Bertz CT molecular complexity index is 843. The van der Waals surface area contributed by atoms with Gasteiger partial charge in [0.1, 0.15) is 12.4 Å². The molecule has 5 nitrogen and oxygen atoms in total. The van der Waals surface area contributed by atoms with Crippen LogP contribution in [0.2, 0.25) is 0 Å². The number of nitrogens with one attached hydrogen (secondary N) is 1. The van der Waals surface area contributed by atoms with Crippen LogP contribution in [-0.4, -0.2) is 36.4 Å². The summed E-state index contributed by atoms with van der Waals surface area (Å²) in [6.07, 6.45) is 3.90. The van der Waals surface area contributed by atoms with E-state index >= 15 is 0 Å². The van der Waals surface area contributed by atoms with Crippen LogP contribution in [0.5, 0.6) is 5.75 Å². The van der Waals surface area contributed by atoms with Gasteiger partial charge in [0.25, 0.3) is 5.91 Å². The third-order valence-electron chi connectivity index (χ3n) is 5.31. The van der Waals surface area contributed by atoms with Crippen LogP contribution in [0.15, 0.2) is 48.5 Å². The number of para-hydroxylation sites is 2. The molecule has 1 N–H and O–H groups in total. The highest BCUT2D eigenvalue weighted by molar-refractivity contribution is 6.04. The van der Waals surface area contributed by atoms with Crippen molar-refractivity contribution >= 4 is 17.5 Å². The molecule has 2 aromatic rings. The maximum atomic E-state index is 12.9. The summed E-state index contributed by atoms with van der Waals surface area (Å²) in [5.41, 5.74) is 2.18. The van der Waals surface area contributed by atoms with Crippen LogP contribution in [0, 0.1) is 5.92 Å². The summed E-state index contributed by atoms with van der Waals surface area (Å²) in [7, 11) is 0. The van der Waals surface area contributed by atoms with Gasteiger partial charge < -0.3 is 15.0 Å². The Morgan fingerprint density at radius 3 is 2.56 bits per heavy atom. The van der Waals surface area contributed by atoms with Crippen molar-refractivity contribution in [3.8, 4) is 5.75 Å². The van der Waals surface area contributed by atoms with Gasteiger partial charge >= 0.3 is 0 Å². The second-order valence-corrected chi connectivity index (χ2v) is 7.21. The van der Waals surface area contributed by atoms with Gasteiger partial charge in [0.2, 0.25) is 5.91 Å². The van der Waals surface area contributed by atoms with E-state index in [1.807, 2.05) is 41.3 Å². The van der Waals surface area contributed by atoms with Crippen molar-refractivity contribution < 1.29 is 14.3 Å². The van der Waals surface area contributed by atoms with Crippen LogP contribution in [0.1, 0.15) is 35.2 Å². The quantitative estimate of drug-likeness (QED) is 0.907. The summed E-state index contributed by atoms with van der Waals surface area (Å²) in [6, 6.07) is 15.1. The number of piperidine rings is 1. The number of benzene rings is 2. The van der Waals surface area contributed by atoms with E-state index in [4.69, 9.17) is 4.74 Å². The molecule has 1 unspecified atom stereocenters. The number of likely N-dealkylation sites (tertiary alicyclic amines) is 1. The second kappa shape index (κ2) is 7.82. The predicted octanol–water partition coefficient (Wildman–Crippen LogP) is 3.50. The van der Waals surface area contributed by atoms with Crippen molar-refractivity contribution in [1.82, 2.24) is 4.90 Å². The molecule has 0 radical (unpaired) electrons. The van der Waals surface area contributed by atoms with Crippen molar-refractivity contribution in [1.29, 1.82) is 0 Å². The van der Waals surface area contributed by atoms with E-state index in [2.05, 4.69) is 5.32 Å². The van der Waals surface area contributed by atoms with Crippen molar-refractivity contribution in [2.45, 2.75) is 25.7 Å². The van der Waals surface area contributed by atoms with Gasteiger partial charge in [-0.15, -0.1) is 0 Å². The zero-order valence-corrected chi connectivity index (χ0v) is 15.3. The Balaban J connectivity index is 1.48. The molecule has 5 heteroatoms. The molecular weight excluding hydrogens is 340 g/mol. The number of hydrogen-bond acceptors (Lipinski definition) is 3. The highest BCUT2D eigenvalue weighted by Crippen LogP contribution is 2.28. The number of nitrogens with zero attached hydrogens (tertiary/aromatic N) is 1. The number of amides is 2. The van der Waals surface area contributed by atoms with Gasteiger partial charge in [-0.05, 0) is 49.4 Å². The zero-order valence-electron chi connectivity index (χ0n) is 15.3. The minimum absolute atomic E-state index is 0.00385. The molecule has 2 aliphatic rings. The summed E-state index contributed by atoms with van der Waals surface area (Å²) in [6.45, 7) is 1.92. The predicted molar refractivity (Wildman–Crippen MR) is 104 cm³/mol. The molecule has 2 aromatic carbocycles. The smallest absolute Gasteiger partial charge is 0.255 e. The normalized spacial score (nSPS) is 19.0. The average molecular weight is 364 g/mol. The fraction of sp³-hybridized carbons (Fsp3) is 0.364. The van der Waals surface area contributed by atoms with Crippen molar-refractivity contribution in [3.63, 3.8) is 0 Å². The van der Waals surface area contributed by atoms with Crippen LogP contribution >= 0.6 is 0 Å². The number of ether oxygens (including phenoxy) is 1. The monoisotopic (exact) mass is 364 g/mol. The van der Waals surface area contributed by atoms with Crippen LogP contribution in [0.3, 0.4) is 0 Å². The van der Waals surface area contributed by atoms with Crippen molar-refractivity contribution in [2.75, 3.05) is 25.0 Å². The lowest BCUT2D eigenvalue weighted by Crippen LogP contribution is -2.37. The van der Waals surface area contributed by atoms with Gasteiger partial charge in [-0.3, -0.25) is 9.59 Å². The third kappa shape index (κ3) is 3.82. The lowest BCUT2D eigenvalue weighted by molar-refractivity contribution is -0.121. The van der Waals surface area contributed by atoms with Crippen molar-refractivity contribution in [3.05, 3.63) is 59.7 Å². The van der Waals surface area contributed by atoms with E-state index in [1.165, 1.54) is 6.42 Å². The summed E-state index contributed by atoms with van der Waals surface area (Å²) >= 11 is 0. The maximum Gasteiger partial charge on any atom is 0.255 e. The highest BCUT2D eigenvalue weighted by atomic mass is 16.5. The molecule has 2 aliphatic heterocycles. The van der Waals surface area contributed by atoms with Crippen LogP contribution < -0.4 is 10.1 Å². The number of anilines is 1. The minimum atomic E-state index is -0.266. The lowest BCUT2D eigenvalue weighted by Gasteiger charge is -2.28. The highest BCUT2D eigenvalue weighted by Gasteiger charge is 2.27. The lowest BCUT2D eigenvalue weighted by atomic mass is 9.96. The Labute approximate surface area is 159 Å². The van der Waals surface area contributed by atoms with E-state index < -0.39 is 0 Å². The van der Waals surface area contributed by atoms with E-state index in [-0.39, 0.29) is 17.7 Å². The van der Waals surface area contributed by atoms with Gasteiger partial charge in [0, 0.05) is 13.1 Å². The largest absolute Gasteiger partial charge is 0.492 e. The third-order valence-corrected chi connectivity index (χ3v) is 5.31. The molecule has 1 atom stereocenters. The van der Waals surface area contributed by atoms with Crippen LogP contribution in [0.25, 0.3) is 0 Å². The fourth-order valence-electron chi connectivity index (χ4n) is 3.78. The summed E-state index contributed by atoms with van der Waals surface area (Å²) in [5, 5.41) is 2.96. The Hall–Kier alpha value is -2.82. The minimum Gasteiger partial charge on any atom is -0.492 e. The van der Waals surface area contributed by atoms with Gasteiger partial charge in [-0.2, -0.15) is 0 Å². The van der Waals surface area contributed by atoms with E-state index in [0.717, 1.165) is 37.2 Å². The molecule has 2 amide bonds. The molecule has 0 spiro atoms. The molecule has 2 heterocycles. The van der Waals surface area contributed by atoms with Crippen LogP contribution in [-0.2, 0) is 11.2 Å². The molecule has 4 rings (SSSR count). The molecule has 0 saturated carbocycles. The number of carbonyl (C=O) groups is 2. The number of rotatable bonds is 3. The SMILES string of the molecule is O=C(Nc1ccccc1C(=O)N1CCCCC1)C1COc2ccccc2C1. The van der Waals surface area contributed by atoms with Crippen molar-refractivity contribution in [2.24, 2.45) is 5.92 Å². The Morgan fingerprint density at radius 1 is 0.963 bits per heavy atom. The molecule has 0 bridgehead atoms. The molecule has 1 fully saturated rings. The zero-order chi connectivity index (χ0) is 18.6. The van der Waals surface area contributed by atoms with Gasteiger partial charge in [-0.25, -0.2) is 0 Å². The Morgan fingerprint density at radius 2 is 1.70 bits per heavy atom. The topological polar surface area (TPSA) is 58.6 Å². The van der Waals surface area contributed by atoms with E-state index in [9.17, 15) is 9.59 Å². The average Bonchev–Trinajstić information content (AvgIpc) is 2.74. The van der Waals surface area contributed by atoms with Gasteiger partial charge in [0.05, 0.1) is 17.2 Å². The summed E-state index contributed by atoms with van der Waals surface area (Å²) < 4.78 is 5.73. The first-order valence-corrected chi connectivity index (χ1v) is 9.62. The standard InChI is InChI=1S/C22H24N2O3/c25-21(17-14-16-8-2-5-11-20(16)27-15-17)23-19-10-4-3-9-18(19)22(26)24-12-6-1-7-13-24/h2-5,8-11,17H,1,6-7,12-15H2,(H,23,25).